The summed E-state index contributed by atoms with van der Waals surface area (Å²) in [5.41, 5.74) is -0.236. The number of rotatable bonds is 2. The van der Waals surface area contributed by atoms with Crippen molar-refractivity contribution in [2.45, 2.75) is 6.18 Å². The molecular weight excluding hydrogens is 333 g/mol. The van der Waals surface area contributed by atoms with Gasteiger partial charge in [-0.2, -0.15) is 18.2 Å². The summed E-state index contributed by atoms with van der Waals surface area (Å²) in [6, 6.07) is 8.66. The van der Waals surface area contributed by atoms with Crippen molar-refractivity contribution in [1.82, 2.24) is 4.98 Å². The number of carbonyl (C=O) groups is 1. The molecule has 4 nitrogen and oxygen atoms in total. The second kappa shape index (κ2) is 5.58. The van der Waals surface area contributed by atoms with Gasteiger partial charge in [-0.25, -0.2) is 0 Å². The second-order valence-electron chi connectivity index (χ2n) is 4.66. The fraction of sp³-hybridized carbons (Fsp3) is 0.0667. The molecule has 8 heteroatoms. The summed E-state index contributed by atoms with van der Waals surface area (Å²) in [7, 11) is 0. The first-order valence-electron chi connectivity index (χ1n) is 6.37. The van der Waals surface area contributed by atoms with Crippen LogP contribution in [-0.4, -0.2) is 10.9 Å². The van der Waals surface area contributed by atoms with Crippen molar-refractivity contribution >= 4 is 34.6 Å². The highest BCUT2D eigenvalue weighted by Gasteiger charge is 2.31. The van der Waals surface area contributed by atoms with E-state index >= 15 is 0 Å². The number of anilines is 1. The minimum Gasteiger partial charge on any atom is -0.423 e. The maximum absolute atomic E-state index is 12.7. The molecule has 23 heavy (non-hydrogen) atoms. The Morgan fingerprint density at radius 1 is 1.17 bits per heavy atom. The molecule has 0 spiro atoms. The predicted octanol–water partition coefficient (Wildman–Crippen LogP) is 4.75. The largest absolute Gasteiger partial charge is 0.423 e. The Labute approximate surface area is 132 Å². The molecular formula is C15H8ClF3N2O2. The van der Waals surface area contributed by atoms with Crippen LogP contribution in [0.15, 0.2) is 46.9 Å². The van der Waals surface area contributed by atoms with Gasteiger partial charge in [-0.15, -0.1) is 0 Å². The Kier molecular flexibility index (Phi) is 3.73. The van der Waals surface area contributed by atoms with Crippen molar-refractivity contribution in [2.75, 3.05) is 5.32 Å². The third-order valence-corrected chi connectivity index (χ3v) is 3.26. The number of fused-ring (bicyclic) bond motifs is 1. The lowest BCUT2D eigenvalue weighted by Gasteiger charge is -2.07. The summed E-state index contributed by atoms with van der Waals surface area (Å²) in [4.78, 5) is 16.0. The molecule has 1 N–H and O–H groups in total. The van der Waals surface area contributed by atoms with Gasteiger partial charge >= 0.3 is 12.2 Å². The van der Waals surface area contributed by atoms with E-state index < -0.39 is 17.6 Å². The van der Waals surface area contributed by atoms with E-state index in [-0.39, 0.29) is 11.6 Å². The predicted molar refractivity (Wildman–Crippen MR) is 78.4 cm³/mol. The van der Waals surface area contributed by atoms with E-state index in [1.807, 2.05) is 0 Å². The van der Waals surface area contributed by atoms with E-state index in [1.165, 1.54) is 6.07 Å². The van der Waals surface area contributed by atoms with Crippen molar-refractivity contribution in [3.8, 4) is 0 Å². The number of oxazole rings is 1. The first-order valence-corrected chi connectivity index (χ1v) is 6.75. The maximum atomic E-state index is 12.7. The third kappa shape index (κ3) is 3.29. The van der Waals surface area contributed by atoms with Gasteiger partial charge in [0.2, 0.25) is 0 Å². The van der Waals surface area contributed by atoms with Crippen molar-refractivity contribution < 1.29 is 22.4 Å². The lowest BCUT2D eigenvalue weighted by Crippen LogP contribution is -2.14. The molecule has 1 aromatic heterocycles. The number of amides is 1. The Hall–Kier alpha value is -2.54. The minimum atomic E-state index is -4.52. The van der Waals surface area contributed by atoms with Crippen LogP contribution in [-0.2, 0) is 6.18 Å². The molecule has 0 fully saturated rings. The van der Waals surface area contributed by atoms with Gasteiger partial charge in [0.25, 0.3) is 5.91 Å². The quantitative estimate of drug-likeness (QED) is 0.732. The lowest BCUT2D eigenvalue weighted by atomic mass is 10.1. The van der Waals surface area contributed by atoms with E-state index in [4.69, 9.17) is 16.0 Å². The fourth-order valence-corrected chi connectivity index (χ4v) is 2.13. The maximum Gasteiger partial charge on any atom is 0.416 e. The second-order valence-corrected chi connectivity index (χ2v) is 5.10. The van der Waals surface area contributed by atoms with Crippen molar-refractivity contribution in [3.05, 3.63) is 58.6 Å². The Morgan fingerprint density at radius 2 is 1.96 bits per heavy atom. The fourth-order valence-electron chi connectivity index (χ4n) is 1.96. The minimum absolute atomic E-state index is 0.121. The van der Waals surface area contributed by atoms with Gasteiger partial charge in [0.1, 0.15) is 5.52 Å². The van der Waals surface area contributed by atoms with Gasteiger partial charge in [0, 0.05) is 10.6 Å². The monoisotopic (exact) mass is 340 g/mol. The molecule has 0 aliphatic heterocycles. The van der Waals surface area contributed by atoms with Crippen LogP contribution in [0.4, 0.5) is 19.2 Å². The van der Waals surface area contributed by atoms with Crippen LogP contribution in [0.25, 0.3) is 11.1 Å². The average molecular weight is 341 g/mol. The summed E-state index contributed by atoms with van der Waals surface area (Å²) >= 11 is 5.81. The van der Waals surface area contributed by atoms with Crippen molar-refractivity contribution in [3.63, 3.8) is 0 Å². The molecule has 1 amide bonds. The molecule has 3 rings (SSSR count). The molecule has 0 radical (unpaired) electrons. The summed E-state index contributed by atoms with van der Waals surface area (Å²) in [6.45, 7) is 0. The Morgan fingerprint density at radius 3 is 2.70 bits per heavy atom. The normalized spacial score (nSPS) is 11.7. The SMILES string of the molecule is O=C(Nc1nc2cc(Cl)ccc2o1)c1cccc(C(F)(F)F)c1. The van der Waals surface area contributed by atoms with Crippen molar-refractivity contribution in [1.29, 1.82) is 0 Å². The molecule has 0 saturated heterocycles. The Bertz CT molecular complexity index is 890. The number of aromatic nitrogens is 1. The number of benzene rings is 2. The summed E-state index contributed by atoms with van der Waals surface area (Å²) in [6.07, 6.45) is -4.52. The first kappa shape index (κ1) is 15.4. The number of hydrogen-bond donors (Lipinski definition) is 1. The van der Waals surface area contributed by atoms with Gasteiger partial charge in [-0.1, -0.05) is 17.7 Å². The van der Waals surface area contributed by atoms with Crippen LogP contribution in [0, 0.1) is 0 Å². The van der Waals surface area contributed by atoms with Gasteiger partial charge < -0.3 is 4.42 Å². The first-order chi connectivity index (χ1) is 10.8. The van der Waals surface area contributed by atoms with E-state index in [0.717, 1.165) is 18.2 Å². The zero-order valence-electron chi connectivity index (χ0n) is 11.3. The zero-order valence-corrected chi connectivity index (χ0v) is 12.1. The Balaban J connectivity index is 1.85. The smallest absolute Gasteiger partial charge is 0.416 e. The lowest BCUT2D eigenvalue weighted by molar-refractivity contribution is -0.137. The molecule has 0 aliphatic carbocycles. The van der Waals surface area contributed by atoms with E-state index in [0.29, 0.717) is 16.1 Å². The van der Waals surface area contributed by atoms with Crippen LogP contribution < -0.4 is 5.32 Å². The van der Waals surface area contributed by atoms with Gasteiger partial charge in [0.05, 0.1) is 5.56 Å². The average Bonchev–Trinajstić information content (AvgIpc) is 2.87. The van der Waals surface area contributed by atoms with Crippen molar-refractivity contribution in [2.24, 2.45) is 0 Å². The molecule has 0 atom stereocenters. The third-order valence-electron chi connectivity index (χ3n) is 3.02. The summed E-state index contributed by atoms with van der Waals surface area (Å²) in [5.74, 6) is -0.756. The van der Waals surface area contributed by atoms with Crippen LogP contribution in [0.1, 0.15) is 15.9 Å². The number of hydrogen-bond acceptors (Lipinski definition) is 3. The highest BCUT2D eigenvalue weighted by atomic mass is 35.5. The molecule has 1 heterocycles. The number of nitrogens with one attached hydrogen (secondary N) is 1. The highest BCUT2D eigenvalue weighted by Crippen LogP contribution is 2.30. The summed E-state index contributed by atoms with van der Waals surface area (Å²) in [5, 5.41) is 2.76. The number of alkyl halides is 3. The molecule has 0 saturated carbocycles. The number of halogens is 4. The van der Waals surface area contributed by atoms with E-state index in [1.54, 1.807) is 18.2 Å². The topological polar surface area (TPSA) is 55.1 Å². The number of nitrogens with zero attached hydrogens (tertiary/aromatic N) is 1. The molecule has 0 unspecified atom stereocenters. The number of carbonyl (C=O) groups excluding carboxylic acids is 1. The molecule has 3 aromatic rings. The molecule has 0 aliphatic rings. The molecule has 0 bridgehead atoms. The highest BCUT2D eigenvalue weighted by molar-refractivity contribution is 6.31. The van der Waals surface area contributed by atoms with Gasteiger partial charge in [-0.3, -0.25) is 10.1 Å². The van der Waals surface area contributed by atoms with Crippen LogP contribution in [0.2, 0.25) is 5.02 Å². The van der Waals surface area contributed by atoms with E-state index in [9.17, 15) is 18.0 Å². The van der Waals surface area contributed by atoms with Crippen LogP contribution >= 0.6 is 11.6 Å². The zero-order chi connectivity index (χ0) is 16.6. The van der Waals surface area contributed by atoms with Crippen LogP contribution in [0.5, 0.6) is 0 Å². The molecule has 2 aromatic carbocycles. The van der Waals surface area contributed by atoms with E-state index in [2.05, 4.69) is 10.3 Å². The van der Waals surface area contributed by atoms with Crippen LogP contribution in [0.3, 0.4) is 0 Å². The molecule has 118 valence electrons. The summed E-state index contributed by atoms with van der Waals surface area (Å²) < 4.78 is 43.3. The van der Waals surface area contributed by atoms with Gasteiger partial charge in [-0.05, 0) is 36.4 Å². The standard InChI is InChI=1S/C15H8ClF3N2O2/c16-10-4-5-12-11(7-10)20-14(23-12)21-13(22)8-2-1-3-9(6-8)15(17,18)19/h1-7H,(H,20,21,22). The van der Waals surface area contributed by atoms with Gasteiger partial charge in [0.15, 0.2) is 5.58 Å².